The minimum absolute atomic E-state index is 0.00959. The van der Waals surface area contributed by atoms with Gasteiger partial charge >= 0.3 is 0 Å². The van der Waals surface area contributed by atoms with Gasteiger partial charge in [0.05, 0.1) is 0 Å². The zero-order valence-electron chi connectivity index (χ0n) is 10.2. The fraction of sp³-hybridized carbons (Fsp3) is 0.833. The van der Waals surface area contributed by atoms with E-state index in [9.17, 15) is 9.59 Å². The SMILES string of the molecule is CCC(C)(C)C(=O)N1CCC(=O)C(C)C1. The normalized spacial score (nSPS) is 23.1. The summed E-state index contributed by atoms with van der Waals surface area (Å²) in [6.45, 7) is 9.07. The molecule has 1 unspecified atom stereocenters. The van der Waals surface area contributed by atoms with Crippen molar-refractivity contribution in [3.8, 4) is 0 Å². The van der Waals surface area contributed by atoms with Gasteiger partial charge in [0, 0.05) is 30.8 Å². The van der Waals surface area contributed by atoms with Gasteiger partial charge in [-0.2, -0.15) is 0 Å². The van der Waals surface area contributed by atoms with Gasteiger partial charge in [-0.1, -0.05) is 27.7 Å². The number of ketones is 1. The fourth-order valence-electron chi connectivity index (χ4n) is 1.78. The topological polar surface area (TPSA) is 37.4 Å². The first-order valence-corrected chi connectivity index (χ1v) is 5.70. The third-order valence-electron chi connectivity index (χ3n) is 3.42. The molecule has 1 saturated heterocycles. The first-order chi connectivity index (χ1) is 6.88. The van der Waals surface area contributed by atoms with Crippen molar-refractivity contribution in [2.45, 2.75) is 40.5 Å². The number of carbonyl (C=O) groups excluding carboxylic acids is 2. The zero-order chi connectivity index (χ0) is 11.6. The van der Waals surface area contributed by atoms with E-state index in [0.29, 0.717) is 19.5 Å². The highest BCUT2D eigenvalue weighted by Gasteiger charge is 2.34. The molecule has 1 aliphatic heterocycles. The van der Waals surface area contributed by atoms with Gasteiger partial charge in [0.25, 0.3) is 0 Å². The van der Waals surface area contributed by atoms with E-state index in [4.69, 9.17) is 0 Å². The molecule has 0 N–H and O–H groups in total. The van der Waals surface area contributed by atoms with Crippen molar-refractivity contribution in [3.63, 3.8) is 0 Å². The molecule has 0 spiro atoms. The van der Waals surface area contributed by atoms with Crippen LogP contribution in [0.2, 0.25) is 0 Å². The average Bonchev–Trinajstić information content (AvgIpc) is 2.21. The smallest absolute Gasteiger partial charge is 0.228 e. The zero-order valence-corrected chi connectivity index (χ0v) is 10.2. The minimum atomic E-state index is -0.292. The Morgan fingerprint density at radius 3 is 2.60 bits per heavy atom. The summed E-state index contributed by atoms with van der Waals surface area (Å²) in [5.41, 5.74) is -0.292. The lowest BCUT2D eigenvalue weighted by Gasteiger charge is -2.35. The Labute approximate surface area is 91.8 Å². The first-order valence-electron chi connectivity index (χ1n) is 5.70. The largest absolute Gasteiger partial charge is 0.341 e. The number of likely N-dealkylation sites (tertiary alicyclic amines) is 1. The molecular weight excluding hydrogens is 190 g/mol. The molecule has 86 valence electrons. The molecule has 1 rings (SSSR count). The number of hydrogen-bond donors (Lipinski definition) is 0. The van der Waals surface area contributed by atoms with Crippen LogP contribution in [-0.2, 0) is 9.59 Å². The second-order valence-electron chi connectivity index (χ2n) is 5.11. The van der Waals surface area contributed by atoms with E-state index in [2.05, 4.69) is 0 Å². The number of Topliss-reactive ketones (excluding diaryl/α,β-unsaturated/α-hetero) is 1. The Morgan fingerprint density at radius 1 is 1.53 bits per heavy atom. The van der Waals surface area contributed by atoms with Gasteiger partial charge in [-0.25, -0.2) is 0 Å². The van der Waals surface area contributed by atoms with Crippen LogP contribution in [0.3, 0.4) is 0 Å². The van der Waals surface area contributed by atoms with Crippen LogP contribution in [0.4, 0.5) is 0 Å². The summed E-state index contributed by atoms with van der Waals surface area (Å²) in [5.74, 6) is 0.480. The van der Waals surface area contributed by atoms with Gasteiger partial charge in [0.2, 0.25) is 5.91 Å². The highest BCUT2D eigenvalue weighted by Crippen LogP contribution is 2.25. The lowest BCUT2D eigenvalue weighted by molar-refractivity contribution is -0.144. The van der Waals surface area contributed by atoms with Crippen LogP contribution in [0.15, 0.2) is 0 Å². The summed E-state index contributed by atoms with van der Waals surface area (Å²) >= 11 is 0. The van der Waals surface area contributed by atoms with Crippen molar-refractivity contribution in [2.75, 3.05) is 13.1 Å². The average molecular weight is 211 g/mol. The van der Waals surface area contributed by atoms with E-state index >= 15 is 0 Å². The Hall–Kier alpha value is -0.860. The van der Waals surface area contributed by atoms with Gasteiger partial charge in [0.1, 0.15) is 5.78 Å². The molecule has 1 fully saturated rings. The summed E-state index contributed by atoms with van der Waals surface area (Å²) in [5, 5.41) is 0. The predicted octanol–water partition coefficient (Wildman–Crippen LogP) is 1.86. The molecule has 15 heavy (non-hydrogen) atoms. The number of hydrogen-bond acceptors (Lipinski definition) is 2. The van der Waals surface area contributed by atoms with E-state index in [1.807, 2.05) is 32.6 Å². The Bertz CT molecular complexity index is 271. The molecule has 0 aromatic heterocycles. The Kier molecular flexibility index (Phi) is 3.53. The molecule has 1 amide bonds. The lowest BCUT2D eigenvalue weighted by Crippen LogP contribution is -2.48. The van der Waals surface area contributed by atoms with Gasteiger partial charge in [-0.05, 0) is 6.42 Å². The third-order valence-corrected chi connectivity index (χ3v) is 3.42. The van der Waals surface area contributed by atoms with Gasteiger partial charge in [-0.3, -0.25) is 9.59 Å². The standard InChI is InChI=1S/C12H21NO2/c1-5-12(3,4)11(15)13-7-6-10(14)9(2)8-13/h9H,5-8H2,1-4H3. The Balaban J connectivity index is 2.66. The van der Waals surface area contributed by atoms with Crippen LogP contribution >= 0.6 is 0 Å². The van der Waals surface area contributed by atoms with Gasteiger partial charge in [-0.15, -0.1) is 0 Å². The van der Waals surface area contributed by atoms with Crippen molar-refractivity contribution in [1.29, 1.82) is 0 Å². The number of rotatable bonds is 2. The van der Waals surface area contributed by atoms with E-state index in [-0.39, 0.29) is 23.0 Å². The van der Waals surface area contributed by atoms with Crippen molar-refractivity contribution in [3.05, 3.63) is 0 Å². The molecule has 0 aromatic rings. The lowest BCUT2D eigenvalue weighted by atomic mass is 9.87. The fourth-order valence-corrected chi connectivity index (χ4v) is 1.78. The minimum Gasteiger partial charge on any atom is -0.341 e. The molecule has 0 saturated carbocycles. The van der Waals surface area contributed by atoms with Crippen LogP contribution in [0.5, 0.6) is 0 Å². The number of carbonyl (C=O) groups is 2. The second-order valence-corrected chi connectivity index (χ2v) is 5.11. The maximum Gasteiger partial charge on any atom is 0.228 e. The van der Waals surface area contributed by atoms with E-state index < -0.39 is 0 Å². The number of amides is 1. The van der Waals surface area contributed by atoms with E-state index in [0.717, 1.165) is 6.42 Å². The summed E-state index contributed by atoms with van der Waals surface area (Å²) in [6, 6.07) is 0. The van der Waals surface area contributed by atoms with E-state index in [1.165, 1.54) is 0 Å². The van der Waals surface area contributed by atoms with Crippen LogP contribution in [-0.4, -0.2) is 29.7 Å². The summed E-state index contributed by atoms with van der Waals surface area (Å²) in [6.07, 6.45) is 1.36. The third kappa shape index (κ3) is 2.58. The summed E-state index contributed by atoms with van der Waals surface area (Å²) in [7, 11) is 0. The summed E-state index contributed by atoms with van der Waals surface area (Å²) < 4.78 is 0. The molecule has 0 bridgehead atoms. The number of nitrogens with zero attached hydrogens (tertiary/aromatic N) is 1. The molecule has 1 atom stereocenters. The second kappa shape index (κ2) is 4.33. The van der Waals surface area contributed by atoms with Crippen molar-refractivity contribution >= 4 is 11.7 Å². The molecule has 3 nitrogen and oxygen atoms in total. The highest BCUT2D eigenvalue weighted by molar-refractivity contribution is 5.87. The van der Waals surface area contributed by atoms with Crippen LogP contribution in [0.1, 0.15) is 40.5 Å². The van der Waals surface area contributed by atoms with Crippen LogP contribution in [0.25, 0.3) is 0 Å². The maximum atomic E-state index is 12.1. The van der Waals surface area contributed by atoms with Crippen molar-refractivity contribution in [2.24, 2.45) is 11.3 Å². The van der Waals surface area contributed by atoms with Gasteiger partial charge in [0.15, 0.2) is 0 Å². The van der Waals surface area contributed by atoms with Crippen LogP contribution in [0, 0.1) is 11.3 Å². The quantitative estimate of drug-likeness (QED) is 0.699. The van der Waals surface area contributed by atoms with E-state index in [1.54, 1.807) is 0 Å². The van der Waals surface area contributed by atoms with Gasteiger partial charge < -0.3 is 4.90 Å². The monoisotopic (exact) mass is 211 g/mol. The molecule has 1 aliphatic rings. The molecule has 1 heterocycles. The first kappa shape index (κ1) is 12.2. The Morgan fingerprint density at radius 2 is 2.13 bits per heavy atom. The molecule has 0 radical (unpaired) electrons. The number of piperidine rings is 1. The summed E-state index contributed by atoms with van der Waals surface area (Å²) in [4.78, 5) is 25.3. The highest BCUT2D eigenvalue weighted by atomic mass is 16.2. The van der Waals surface area contributed by atoms with Crippen LogP contribution < -0.4 is 0 Å². The molecular formula is C12H21NO2. The van der Waals surface area contributed by atoms with Crippen molar-refractivity contribution < 1.29 is 9.59 Å². The maximum absolute atomic E-state index is 12.1. The molecule has 3 heteroatoms. The van der Waals surface area contributed by atoms with Crippen molar-refractivity contribution in [1.82, 2.24) is 4.90 Å². The molecule has 0 aliphatic carbocycles. The predicted molar refractivity (Wildman–Crippen MR) is 59.4 cm³/mol. The molecule has 0 aromatic carbocycles.